The fourth-order valence-corrected chi connectivity index (χ4v) is 5.28. The summed E-state index contributed by atoms with van der Waals surface area (Å²) in [6, 6.07) is 11.1. The Kier molecular flexibility index (Phi) is 5.06. The topological polar surface area (TPSA) is 38.8 Å². The van der Waals surface area contributed by atoms with Crippen LogP contribution in [0.1, 0.15) is 38.8 Å². The van der Waals surface area contributed by atoms with Gasteiger partial charge in [0.2, 0.25) is 14.2 Å². The zero-order valence-corrected chi connectivity index (χ0v) is 14.4. The molecular formula is C16H25NO3Si. The van der Waals surface area contributed by atoms with Gasteiger partial charge in [0.05, 0.1) is 19.6 Å². The fraction of sp³-hybridized carbons (Fsp3) is 0.562. The van der Waals surface area contributed by atoms with Crippen LogP contribution >= 0.6 is 0 Å². The van der Waals surface area contributed by atoms with E-state index in [1.165, 1.54) is 0 Å². The molecule has 0 spiro atoms. The predicted molar refractivity (Wildman–Crippen MR) is 85.5 cm³/mol. The highest BCUT2D eigenvalue weighted by molar-refractivity contribution is 6.73. The van der Waals surface area contributed by atoms with Crippen molar-refractivity contribution in [2.24, 2.45) is 0 Å². The number of hydroxylamine groups is 2. The summed E-state index contributed by atoms with van der Waals surface area (Å²) in [7, 11) is -0.150. The van der Waals surface area contributed by atoms with Crippen molar-refractivity contribution >= 4 is 14.2 Å². The molecule has 0 N–H and O–H groups in total. The fourth-order valence-electron chi connectivity index (χ4n) is 2.75. The summed E-state index contributed by atoms with van der Waals surface area (Å²) in [5.41, 5.74) is 1.11. The first-order valence-electron chi connectivity index (χ1n) is 7.74. The number of nitrogens with zero attached hydrogens (tertiary/aromatic N) is 1. The molecule has 1 heterocycles. The van der Waals surface area contributed by atoms with Gasteiger partial charge in [0.1, 0.15) is 5.75 Å². The highest BCUT2D eigenvalue weighted by Gasteiger charge is 2.43. The van der Waals surface area contributed by atoms with Gasteiger partial charge in [-0.2, -0.15) is 0 Å². The molecule has 116 valence electrons. The molecule has 1 aliphatic rings. The number of rotatable bonds is 7. The van der Waals surface area contributed by atoms with E-state index in [0.29, 0.717) is 6.42 Å². The Morgan fingerprint density at radius 1 is 1.14 bits per heavy atom. The lowest BCUT2D eigenvalue weighted by molar-refractivity contribution is -0.195. The molecule has 0 aromatic heterocycles. The zero-order valence-electron chi connectivity index (χ0n) is 13.4. The third-order valence-electron chi connectivity index (χ3n) is 4.62. The molecule has 1 atom stereocenters. The number of methoxy groups -OCH3 is 1. The highest BCUT2D eigenvalue weighted by Crippen LogP contribution is 2.38. The smallest absolute Gasteiger partial charge is 0.248 e. The van der Waals surface area contributed by atoms with Gasteiger partial charge in [-0.05, 0) is 35.8 Å². The Hall–Kier alpha value is -1.33. The molecule has 1 amide bonds. The van der Waals surface area contributed by atoms with Crippen LogP contribution in [-0.2, 0) is 9.32 Å². The number of ether oxygens (including phenoxy) is 1. The largest absolute Gasteiger partial charge is 0.497 e. The Morgan fingerprint density at radius 2 is 1.71 bits per heavy atom. The van der Waals surface area contributed by atoms with E-state index in [2.05, 4.69) is 20.8 Å². The molecule has 1 aromatic rings. The number of carbonyl (C=O) groups is 1. The van der Waals surface area contributed by atoms with E-state index < -0.39 is 8.32 Å². The molecule has 1 saturated heterocycles. The van der Waals surface area contributed by atoms with Crippen LogP contribution in [0, 0.1) is 0 Å². The molecule has 0 saturated carbocycles. The number of β-lactam (4-membered cyclic amide) rings is 1. The van der Waals surface area contributed by atoms with Crippen molar-refractivity contribution in [3.8, 4) is 5.75 Å². The molecule has 0 radical (unpaired) electrons. The predicted octanol–water partition coefficient (Wildman–Crippen LogP) is 3.91. The van der Waals surface area contributed by atoms with Crippen LogP contribution in [0.5, 0.6) is 5.75 Å². The van der Waals surface area contributed by atoms with Gasteiger partial charge in [-0.25, -0.2) is 5.06 Å². The SMILES string of the molecule is CC[Si](CC)(CC)ON1C(=O)CC1c1ccc(OC)cc1. The monoisotopic (exact) mass is 307 g/mol. The zero-order chi connectivity index (χ0) is 15.5. The Labute approximate surface area is 128 Å². The van der Waals surface area contributed by atoms with Crippen LogP contribution in [-0.4, -0.2) is 26.4 Å². The number of hydrogen-bond donors (Lipinski definition) is 0. The van der Waals surface area contributed by atoms with Gasteiger partial charge >= 0.3 is 0 Å². The van der Waals surface area contributed by atoms with E-state index >= 15 is 0 Å². The molecule has 2 rings (SSSR count). The summed E-state index contributed by atoms with van der Waals surface area (Å²) < 4.78 is 11.4. The van der Waals surface area contributed by atoms with Crippen molar-refractivity contribution in [2.75, 3.05) is 7.11 Å². The summed E-state index contributed by atoms with van der Waals surface area (Å²) in [5, 5.41) is 1.63. The van der Waals surface area contributed by atoms with Gasteiger partial charge < -0.3 is 9.26 Å². The van der Waals surface area contributed by atoms with Crippen LogP contribution in [0.2, 0.25) is 18.1 Å². The standard InChI is InChI=1S/C16H25NO3Si/c1-5-21(6-2,7-3)20-17-15(12-16(17)18)13-8-10-14(19-4)11-9-13/h8-11,15H,5-7,12H2,1-4H3. The van der Waals surface area contributed by atoms with Gasteiger partial charge in [0.25, 0.3) is 0 Å². The third kappa shape index (κ3) is 3.14. The summed E-state index contributed by atoms with van der Waals surface area (Å²) in [5.74, 6) is 0.930. The summed E-state index contributed by atoms with van der Waals surface area (Å²) in [6.45, 7) is 6.52. The minimum absolute atomic E-state index is 0.0555. The van der Waals surface area contributed by atoms with Crippen LogP contribution in [0.15, 0.2) is 24.3 Å². The van der Waals surface area contributed by atoms with Crippen LogP contribution in [0.4, 0.5) is 0 Å². The average molecular weight is 307 g/mol. The third-order valence-corrected chi connectivity index (χ3v) is 9.07. The lowest BCUT2D eigenvalue weighted by atomic mass is 9.96. The molecule has 1 fully saturated rings. The van der Waals surface area contributed by atoms with Gasteiger partial charge in [-0.3, -0.25) is 4.79 Å². The first-order chi connectivity index (χ1) is 10.1. The molecule has 1 unspecified atom stereocenters. The normalized spacial score (nSPS) is 18.6. The Bertz CT molecular complexity index is 477. The van der Waals surface area contributed by atoms with E-state index in [4.69, 9.17) is 9.26 Å². The molecule has 5 heteroatoms. The number of amides is 1. The van der Waals surface area contributed by atoms with Gasteiger partial charge in [-0.15, -0.1) is 0 Å². The van der Waals surface area contributed by atoms with Crippen molar-refractivity contribution in [3.05, 3.63) is 29.8 Å². The van der Waals surface area contributed by atoms with Crippen LogP contribution in [0.3, 0.4) is 0 Å². The molecule has 4 nitrogen and oxygen atoms in total. The minimum Gasteiger partial charge on any atom is -0.497 e. The quantitative estimate of drug-likeness (QED) is 0.566. The van der Waals surface area contributed by atoms with Crippen molar-refractivity contribution < 1.29 is 14.1 Å². The summed E-state index contributed by atoms with van der Waals surface area (Å²) >= 11 is 0. The van der Waals surface area contributed by atoms with Crippen molar-refractivity contribution in [1.29, 1.82) is 0 Å². The Balaban J connectivity index is 2.13. The lowest BCUT2D eigenvalue weighted by Crippen LogP contribution is -2.53. The molecular weight excluding hydrogens is 282 g/mol. The van der Waals surface area contributed by atoms with Crippen molar-refractivity contribution in [1.82, 2.24) is 5.06 Å². The van der Waals surface area contributed by atoms with E-state index in [-0.39, 0.29) is 11.9 Å². The molecule has 0 bridgehead atoms. The molecule has 0 aliphatic carbocycles. The number of carbonyl (C=O) groups excluding carboxylic acids is 1. The minimum atomic E-state index is -1.80. The maximum Gasteiger partial charge on any atom is 0.248 e. The van der Waals surface area contributed by atoms with Gasteiger partial charge in [0, 0.05) is 0 Å². The maximum atomic E-state index is 12.0. The second kappa shape index (κ2) is 6.62. The summed E-state index contributed by atoms with van der Waals surface area (Å²) in [4.78, 5) is 12.0. The van der Waals surface area contributed by atoms with E-state index in [0.717, 1.165) is 29.4 Å². The average Bonchev–Trinajstić information content (AvgIpc) is 2.54. The Morgan fingerprint density at radius 3 is 2.14 bits per heavy atom. The first-order valence-corrected chi connectivity index (χ1v) is 10.3. The second-order valence-corrected chi connectivity index (χ2v) is 10.2. The van der Waals surface area contributed by atoms with Crippen LogP contribution in [0.25, 0.3) is 0 Å². The first kappa shape index (κ1) is 16.0. The van der Waals surface area contributed by atoms with Gasteiger partial charge in [-0.1, -0.05) is 32.9 Å². The number of hydrogen-bond acceptors (Lipinski definition) is 3. The highest BCUT2D eigenvalue weighted by atomic mass is 28.4. The summed E-state index contributed by atoms with van der Waals surface area (Å²) in [6.07, 6.45) is 0.536. The second-order valence-electron chi connectivity index (χ2n) is 5.55. The van der Waals surface area contributed by atoms with Crippen LogP contribution < -0.4 is 4.74 Å². The van der Waals surface area contributed by atoms with E-state index in [9.17, 15) is 4.79 Å². The van der Waals surface area contributed by atoms with Crippen molar-refractivity contribution in [2.45, 2.75) is 51.4 Å². The van der Waals surface area contributed by atoms with E-state index in [1.807, 2.05) is 24.3 Å². The number of benzene rings is 1. The lowest BCUT2D eigenvalue weighted by Gasteiger charge is -2.45. The van der Waals surface area contributed by atoms with Crippen molar-refractivity contribution in [3.63, 3.8) is 0 Å². The van der Waals surface area contributed by atoms with E-state index in [1.54, 1.807) is 12.2 Å². The molecule has 21 heavy (non-hydrogen) atoms. The molecule has 1 aliphatic heterocycles. The van der Waals surface area contributed by atoms with Gasteiger partial charge in [0.15, 0.2) is 0 Å². The molecule has 1 aromatic carbocycles. The maximum absolute atomic E-state index is 12.0.